The molecule has 2 aliphatic heterocycles. The van der Waals surface area contributed by atoms with E-state index in [4.69, 9.17) is 14.2 Å². The summed E-state index contributed by atoms with van der Waals surface area (Å²) in [5.74, 6) is 0.931. The Hall–Kier alpha value is -1.84. The second-order valence-corrected chi connectivity index (χ2v) is 7.60. The summed E-state index contributed by atoms with van der Waals surface area (Å²) in [4.78, 5) is 0. The van der Waals surface area contributed by atoms with Crippen molar-refractivity contribution in [3.05, 3.63) is 65.2 Å². The highest BCUT2D eigenvalue weighted by Crippen LogP contribution is 2.33. The van der Waals surface area contributed by atoms with Crippen molar-refractivity contribution in [2.24, 2.45) is 0 Å². The van der Waals surface area contributed by atoms with Crippen LogP contribution in [0.3, 0.4) is 0 Å². The quantitative estimate of drug-likeness (QED) is 0.679. The summed E-state index contributed by atoms with van der Waals surface area (Å²) < 4.78 is 16.3. The number of benzene rings is 2. The van der Waals surface area contributed by atoms with Crippen molar-refractivity contribution in [3.63, 3.8) is 0 Å². The van der Waals surface area contributed by atoms with Gasteiger partial charge in [-0.05, 0) is 28.8 Å². The van der Waals surface area contributed by atoms with Crippen molar-refractivity contribution >= 4 is 0 Å². The Morgan fingerprint density at radius 1 is 0.880 bits per heavy atom. The molecule has 0 radical (unpaired) electrons. The topological polar surface area (TPSA) is 34.3 Å². The van der Waals surface area contributed by atoms with E-state index in [1.54, 1.807) is 0 Å². The van der Waals surface area contributed by atoms with E-state index in [-0.39, 0.29) is 5.41 Å². The molecule has 0 bridgehead atoms. The largest absolute Gasteiger partial charge is 0.493 e. The van der Waals surface area contributed by atoms with E-state index < -0.39 is 0 Å². The molecule has 0 saturated carbocycles. The smallest absolute Gasteiger partial charge is 0.119 e. The average Bonchev–Trinajstić information content (AvgIpc) is 3.52. The third-order valence-electron chi connectivity index (χ3n) is 5.23. The van der Waals surface area contributed by atoms with Gasteiger partial charge < -0.3 is 14.2 Å². The lowest BCUT2D eigenvalue weighted by atomic mass is 9.78. The molecule has 3 heteroatoms. The van der Waals surface area contributed by atoms with Crippen LogP contribution >= 0.6 is 0 Å². The van der Waals surface area contributed by atoms with E-state index in [2.05, 4.69) is 62.4 Å². The van der Waals surface area contributed by atoms with Gasteiger partial charge in [0.2, 0.25) is 0 Å². The first-order valence-electron chi connectivity index (χ1n) is 9.17. The molecule has 2 atom stereocenters. The van der Waals surface area contributed by atoms with Gasteiger partial charge in [-0.3, -0.25) is 0 Å². The van der Waals surface area contributed by atoms with Gasteiger partial charge in [-0.25, -0.2) is 0 Å². The van der Waals surface area contributed by atoms with Crippen LogP contribution in [0.1, 0.15) is 37.0 Å². The zero-order valence-electron chi connectivity index (χ0n) is 15.0. The maximum atomic E-state index is 5.80. The standard InChI is InChI=1S/C22H26O3/c1-22(2,17-5-3-16(4-6-17)13-21-15-25-21)18-7-9-19(10-8-18)23-12-11-20-14-24-20/h3-10,20-21H,11-15H2,1-2H3. The third-order valence-corrected chi connectivity index (χ3v) is 5.23. The zero-order chi connectivity index (χ0) is 17.3. The molecule has 4 rings (SSSR count). The summed E-state index contributed by atoms with van der Waals surface area (Å²) in [5.41, 5.74) is 3.94. The minimum atomic E-state index is -0.0327. The van der Waals surface area contributed by atoms with Crippen LogP contribution in [0.2, 0.25) is 0 Å². The molecular weight excluding hydrogens is 312 g/mol. The van der Waals surface area contributed by atoms with Crippen molar-refractivity contribution < 1.29 is 14.2 Å². The molecule has 0 amide bonds. The Balaban J connectivity index is 1.40. The van der Waals surface area contributed by atoms with Crippen molar-refractivity contribution in [1.82, 2.24) is 0 Å². The molecule has 2 heterocycles. The molecule has 0 aromatic heterocycles. The lowest BCUT2D eigenvalue weighted by Crippen LogP contribution is -2.18. The lowest BCUT2D eigenvalue weighted by molar-refractivity contribution is 0.283. The van der Waals surface area contributed by atoms with Gasteiger partial charge in [-0.1, -0.05) is 50.2 Å². The lowest BCUT2D eigenvalue weighted by Gasteiger charge is -2.26. The number of ether oxygens (including phenoxy) is 3. The summed E-state index contributed by atoms with van der Waals surface area (Å²) in [6, 6.07) is 17.5. The molecule has 2 fully saturated rings. The van der Waals surface area contributed by atoms with Gasteiger partial charge in [0.15, 0.2) is 0 Å². The van der Waals surface area contributed by atoms with Crippen LogP contribution in [0.5, 0.6) is 5.75 Å². The van der Waals surface area contributed by atoms with Crippen molar-refractivity contribution in [2.45, 2.75) is 44.3 Å². The number of hydrogen-bond donors (Lipinski definition) is 0. The predicted octanol–water partition coefficient (Wildman–Crippen LogP) is 4.12. The highest BCUT2D eigenvalue weighted by Gasteiger charge is 2.25. The average molecular weight is 338 g/mol. The van der Waals surface area contributed by atoms with Crippen LogP contribution in [0.4, 0.5) is 0 Å². The fraction of sp³-hybridized carbons (Fsp3) is 0.455. The molecule has 132 valence electrons. The Labute approximate surface area is 149 Å². The third kappa shape index (κ3) is 4.23. The molecule has 2 aromatic rings. The van der Waals surface area contributed by atoms with Gasteiger partial charge in [0.05, 0.1) is 32.0 Å². The van der Waals surface area contributed by atoms with E-state index >= 15 is 0 Å². The van der Waals surface area contributed by atoms with Gasteiger partial charge in [-0.2, -0.15) is 0 Å². The van der Waals surface area contributed by atoms with Gasteiger partial charge in [0, 0.05) is 18.3 Å². The van der Waals surface area contributed by atoms with E-state index in [1.165, 1.54) is 16.7 Å². The van der Waals surface area contributed by atoms with Gasteiger partial charge >= 0.3 is 0 Å². The van der Waals surface area contributed by atoms with Crippen molar-refractivity contribution in [2.75, 3.05) is 19.8 Å². The summed E-state index contributed by atoms with van der Waals surface area (Å²) in [6.07, 6.45) is 2.87. The minimum absolute atomic E-state index is 0.0327. The van der Waals surface area contributed by atoms with E-state index in [0.717, 1.165) is 38.4 Å². The number of rotatable bonds is 8. The Morgan fingerprint density at radius 3 is 2.00 bits per heavy atom. The first-order valence-corrected chi connectivity index (χ1v) is 9.17. The van der Waals surface area contributed by atoms with E-state index in [9.17, 15) is 0 Å². The highest BCUT2D eigenvalue weighted by molar-refractivity contribution is 5.41. The molecule has 2 aromatic carbocycles. The normalized spacial score (nSPS) is 21.8. The van der Waals surface area contributed by atoms with Crippen LogP contribution in [-0.4, -0.2) is 32.0 Å². The van der Waals surface area contributed by atoms with Gasteiger partial charge in [0.25, 0.3) is 0 Å². The molecule has 0 aliphatic carbocycles. The van der Waals surface area contributed by atoms with Crippen LogP contribution in [0.15, 0.2) is 48.5 Å². The number of epoxide rings is 2. The Morgan fingerprint density at radius 2 is 1.44 bits per heavy atom. The second kappa shape index (κ2) is 6.81. The minimum Gasteiger partial charge on any atom is -0.493 e. The van der Waals surface area contributed by atoms with E-state index in [1.807, 2.05) is 0 Å². The predicted molar refractivity (Wildman–Crippen MR) is 98.3 cm³/mol. The first kappa shape index (κ1) is 16.6. The van der Waals surface area contributed by atoms with Crippen LogP contribution in [0, 0.1) is 0 Å². The number of hydrogen-bond acceptors (Lipinski definition) is 3. The second-order valence-electron chi connectivity index (χ2n) is 7.60. The maximum absolute atomic E-state index is 5.80. The molecule has 2 aliphatic rings. The molecule has 25 heavy (non-hydrogen) atoms. The van der Waals surface area contributed by atoms with Crippen molar-refractivity contribution in [1.29, 1.82) is 0 Å². The van der Waals surface area contributed by atoms with Crippen LogP contribution in [-0.2, 0) is 21.3 Å². The Kier molecular flexibility index (Phi) is 4.53. The summed E-state index contributed by atoms with van der Waals surface area (Å²) in [7, 11) is 0. The summed E-state index contributed by atoms with van der Waals surface area (Å²) >= 11 is 0. The molecule has 0 spiro atoms. The molecule has 2 saturated heterocycles. The molecule has 2 unspecified atom stereocenters. The SMILES string of the molecule is CC(C)(c1ccc(CC2CO2)cc1)c1ccc(OCCC2CO2)cc1. The zero-order valence-corrected chi connectivity index (χ0v) is 15.0. The van der Waals surface area contributed by atoms with Crippen LogP contribution < -0.4 is 4.74 Å². The monoisotopic (exact) mass is 338 g/mol. The van der Waals surface area contributed by atoms with Gasteiger partial charge in [0.1, 0.15) is 5.75 Å². The fourth-order valence-corrected chi connectivity index (χ4v) is 3.18. The summed E-state index contributed by atoms with van der Waals surface area (Å²) in [5, 5.41) is 0. The summed E-state index contributed by atoms with van der Waals surface area (Å²) in [6.45, 7) is 7.07. The maximum Gasteiger partial charge on any atom is 0.119 e. The molecule has 0 N–H and O–H groups in total. The molecule has 3 nitrogen and oxygen atoms in total. The van der Waals surface area contributed by atoms with E-state index in [0.29, 0.717) is 12.2 Å². The Bertz CT molecular complexity index is 695. The molecular formula is C22H26O3. The fourth-order valence-electron chi connectivity index (χ4n) is 3.18. The highest BCUT2D eigenvalue weighted by atomic mass is 16.6. The van der Waals surface area contributed by atoms with Crippen LogP contribution in [0.25, 0.3) is 0 Å². The van der Waals surface area contributed by atoms with Crippen molar-refractivity contribution in [3.8, 4) is 5.75 Å². The first-order chi connectivity index (χ1) is 12.1. The van der Waals surface area contributed by atoms with Gasteiger partial charge in [-0.15, -0.1) is 0 Å².